The van der Waals surface area contributed by atoms with Crippen molar-refractivity contribution in [1.82, 2.24) is 0 Å². The molecule has 0 rings (SSSR count). The van der Waals surface area contributed by atoms with Gasteiger partial charge in [0.05, 0.1) is 13.2 Å². The molecule has 0 aromatic carbocycles. The fraction of sp³-hybridized carbons (Fsp3) is 0.800. The maximum atomic E-state index is 11.2. The summed E-state index contributed by atoms with van der Waals surface area (Å²) in [6, 6.07) is 0. The Labute approximate surface area is 114 Å². The third kappa shape index (κ3) is 6.75. The van der Waals surface area contributed by atoms with Crippen LogP contribution in [0.3, 0.4) is 0 Å². The predicted molar refractivity (Wildman–Crippen MR) is 62.0 cm³/mol. The first-order chi connectivity index (χ1) is 9.31. The molecule has 0 radical (unpaired) electrons. The van der Waals surface area contributed by atoms with Crippen molar-refractivity contribution in [3.8, 4) is 0 Å². The minimum atomic E-state index is -1.81. The van der Waals surface area contributed by atoms with Crippen LogP contribution in [-0.2, 0) is 23.8 Å². The van der Waals surface area contributed by atoms with E-state index in [4.69, 9.17) is 10.8 Å². The van der Waals surface area contributed by atoms with Crippen LogP contribution in [-0.4, -0.2) is 83.8 Å². The number of amides is 1. The van der Waals surface area contributed by atoms with Crippen LogP contribution in [0.2, 0.25) is 0 Å². The van der Waals surface area contributed by atoms with Crippen LogP contribution in [0.15, 0.2) is 0 Å². The fourth-order valence-corrected chi connectivity index (χ4v) is 1.05. The van der Waals surface area contributed by atoms with E-state index in [1.54, 1.807) is 0 Å². The van der Waals surface area contributed by atoms with E-state index in [0.29, 0.717) is 0 Å². The number of carbonyl (C=O) groups is 2. The smallest absolute Gasteiger partial charge is 0.339 e. The number of primary amides is 1. The highest BCUT2D eigenvalue weighted by atomic mass is 16.7. The van der Waals surface area contributed by atoms with Gasteiger partial charge in [-0.1, -0.05) is 0 Å². The molecule has 0 aliphatic carbocycles. The number of hydrogen-bond donors (Lipinski definition) is 5. The molecule has 0 saturated carbocycles. The van der Waals surface area contributed by atoms with Gasteiger partial charge >= 0.3 is 5.97 Å². The largest absolute Gasteiger partial charge is 0.436 e. The van der Waals surface area contributed by atoms with Crippen LogP contribution in [0.25, 0.3) is 0 Å². The first-order valence-corrected chi connectivity index (χ1v) is 5.56. The van der Waals surface area contributed by atoms with Gasteiger partial charge in [0.25, 0.3) is 0 Å². The Morgan fingerprint density at radius 2 is 1.60 bits per heavy atom. The lowest BCUT2D eigenvalue weighted by Gasteiger charge is -2.17. The normalized spacial score (nSPS) is 17.1. The van der Waals surface area contributed by atoms with Crippen molar-refractivity contribution in [3.63, 3.8) is 0 Å². The number of esters is 1. The SMILES string of the molecule is COCC(O)C(O)C(=O)OCOCC(O)C(O)C(N)=O. The molecule has 10 heteroatoms. The molecule has 0 aromatic heterocycles. The summed E-state index contributed by atoms with van der Waals surface area (Å²) in [6.07, 6.45) is -6.63. The van der Waals surface area contributed by atoms with E-state index in [1.807, 2.05) is 0 Å². The number of aliphatic hydroxyl groups is 4. The van der Waals surface area contributed by atoms with Gasteiger partial charge in [-0.2, -0.15) is 0 Å². The first-order valence-electron chi connectivity index (χ1n) is 5.56. The highest BCUT2D eigenvalue weighted by Gasteiger charge is 2.26. The Kier molecular flexibility index (Phi) is 8.96. The van der Waals surface area contributed by atoms with Crippen LogP contribution in [0.4, 0.5) is 0 Å². The molecule has 1 amide bonds. The zero-order chi connectivity index (χ0) is 15.7. The number of aliphatic hydroxyl groups excluding tert-OH is 4. The molecular weight excluding hydrogens is 278 g/mol. The van der Waals surface area contributed by atoms with Crippen LogP contribution >= 0.6 is 0 Å². The summed E-state index contributed by atoms with van der Waals surface area (Å²) in [5.41, 5.74) is 4.73. The van der Waals surface area contributed by atoms with Gasteiger partial charge in [0.15, 0.2) is 19.0 Å². The number of methoxy groups -OCH3 is 1. The molecule has 0 saturated heterocycles. The Bertz CT molecular complexity index is 311. The van der Waals surface area contributed by atoms with Gasteiger partial charge in [-0.25, -0.2) is 4.79 Å². The molecule has 4 unspecified atom stereocenters. The summed E-state index contributed by atoms with van der Waals surface area (Å²) >= 11 is 0. The van der Waals surface area contributed by atoms with Crippen LogP contribution < -0.4 is 5.73 Å². The summed E-state index contributed by atoms with van der Waals surface area (Å²) in [7, 11) is 1.27. The first kappa shape index (κ1) is 18.7. The van der Waals surface area contributed by atoms with E-state index in [0.717, 1.165) is 0 Å². The van der Waals surface area contributed by atoms with Gasteiger partial charge in [0.2, 0.25) is 5.91 Å². The average Bonchev–Trinajstić information content (AvgIpc) is 2.41. The maximum absolute atomic E-state index is 11.2. The van der Waals surface area contributed by atoms with Crippen molar-refractivity contribution >= 4 is 11.9 Å². The molecule has 0 aliphatic heterocycles. The van der Waals surface area contributed by atoms with Gasteiger partial charge < -0.3 is 40.4 Å². The van der Waals surface area contributed by atoms with Crippen LogP contribution in [0, 0.1) is 0 Å². The topological polar surface area (TPSA) is 169 Å². The van der Waals surface area contributed by atoms with Gasteiger partial charge in [-0.3, -0.25) is 4.79 Å². The molecule has 118 valence electrons. The molecule has 0 aliphatic rings. The van der Waals surface area contributed by atoms with Crippen molar-refractivity contribution in [3.05, 3.63) is 0 Å². The third-order valence-electron chi connectivity index (χ3n) is 2.17. The van der Waals surface area contributed by atoms with E-state index in [9.17, 15) is 24.9 Å². The molecule has 0 aromatic rings. The highest BCUT2D eigenvalue weighted by Crippen LogP contribution is 1.99. The maximum Gasteiger partial charge on any atom is 0.339 e. The average molecular weight is 297 g/mol. The van der Waals surface area contributed by atoms with Gasteiger partial charge in [-0.05, 0) is 0 Å². The molecule has 6 N–H and O–H groups in total. The Morgan fingerprint density at radius 3 is 2.10 bits per heavy atom. The lowest BCUT2D eigenvalue weighted by atomic mass is 10.2. The quantitative estimate of drug-likeness (QED) is 0.153. The molecule has 0 heterocycles. The zero-order valence-electron chi connectivity index (χ0n) is 10.8. The van der Waals surface area contributed by atoms with Gasteiger partial charge in [0, 0.05) is 7.11 Å². The molecule has 0 spiro atoms. The highest BCUT2D eigenvalue weighted by molar-refractivity contribution is 5.79. The summed E-state index contributed by atoms with van der Waals surface area (Å²) in [4.78, 5) is 21.7. The second kappa shape index (κ2) is 9.58. The van der Waals surface area contributed by atoms with Crippen molar-refractivity contribution in [2.24, 2.45) is 5.73 Å². The number of carbonyl (C=O) groups excluding carboxylic acids is 2. The Balaban J connectivity index is 3.89. The lowest BCUT2D eigenvalue weighted by molar-refractivity contribution is -0.177. The summed E-state index contributed by atoms with van der Waals surface area (Å²) in [6.45, 7) is -1.44. The lowest BCUT2D eigenvalue weighted by Crippen LogP contribution is -2.41. The van der Waals surface area contributed by atoms with E-state index in [1.165, 1.54) is 7.11 Å². The minimum Gasteiger partial charge on any atom is -0.436 e. The number of hydrogen-bond acceptors (Lipinski definition) is 9. The second-order valence-electron chi connectivity index (χ2n) is 3.83. The summed E-state index contributed by atoms with van der Waals surface area (Å²) in [5.74, 6) is -2.28. The number of rotatable bonds is 10. The van der Waals surface area contributed by atoms with Gasteiger partial charge in [-0.15, -0.1) is 0 Å². The molecule has 0 bridgehead atoms. The van der Waals surface area contributed by atoms with E-state index in [-0.39, 0.29) is 6.61 Å². The van der Waals surface area contributed by atoms with Crippen molar-refractivity contribution < 1.29 is 44.2 Å². The van der Waals surface area contributed by atoms with Gasteiger partial charge in [0.1, 0.15) is 12.2 Å². The van der Waals surface area contributed by atoms with Crippen molar-refractivity contribution in [2.45, 2.75) is 24.4 Å². The fourth-order valence-electron chi connectivity index (χ4n) is 1.05. The minimum absolute atomic E-state index is 0.263. The van der Waals surface area contributed by atoms with E-state index >= 15 is 0 Å². The standard InChI is InChI=1S/C10H19NO9/c1-18-2-5(12)8(15)10(17)20-4-19-3-6(13)7(14)9(11)16/h5-8,12-15H,2-4H2,1H3,(H2,11,16). The molecule has 20 heavy (non-hydrogen) atoms. The zero-order valence-corrected chi connectivity index (χ0v) is 10.8. The molecule has 10 nitrogen and oxygen atoms in total. The molecule has 0 fully saturated rings. The summed E-state index contributed by atoms with van der Waals surface area (Å²) < 4.78 is 13.6. The van der Waals surface area contributed by atoms with E-state index in [2.05, 4.69) is 14.2 Å². The third-order valence-corrected chi connectivity index (χ3v) is 2.17. The van der Waals surface area contributed by atoms with Crippen molar-refractivity contribution in [2.75, 3.05) is 27.1 Å². The van der Waals surface area contributed by atoms with Crippen LogP contribution in [0.1, 0.15) is 0 Å². The predicted octanol–water partition coefficient (Wildman–Crippen LogP) is -3.92. The van der Waals surface area contributed by atoms with Crippen molar-refractivity contribution in [1.29, 1.82) is 0 Å². The number of ether oxygens (including phenoxy) is 3. The van der Waals surface area contributed by atoms with E-state index < -0.39 is 49.7 Å². The van der Waals surface area contributed by atoms with Crippen LogP contribution in [0.5, 0.6) is 0 Å². The monoisotopic (exact) mass is 297 g/mol. The molecular formula is C10H19NO9. The second-order valence-corrected chi connectivity index (χ2v) is 3.83. The summed E-state index contributed by atoms with van der Waals surface area (Å²) in [5, 5.41) is 36.7. The number of nitrogens with two attached hydrogens (primary N) is 1. The molecule has 4 atom stereocenters. The Hall–Kier alpha value is -1.30. The Morgan fingerprint density at radius 1 is 1.05 bits per heavy atom.